The van der Waals surface area contributed by atoms with Gasteiger partial charge in [-0.05, 0) is 36.6 Å². The normalized spacial score (nSPS) is 11.9. The minimum Gasteiger partial charge on any atom is -0.448 e. The molecule has 0 spiro atoms. The topological polar surface area (TPSA) is 125 Å². The number of rotatable bonds is 3. The van der Waals surface area contributed by atoms with Crippen LogP contribution in [0.4, 0.5) is 10.5 Å². The van der Waals surface area contributed by atoms with Gasteiger partial charge in [0.15, 0.2) is 6.10 Å². The number of hydrogen-bond donors (Lipinski definition) is 3. The van der Waals surface area contributed by atoms with Gasteiger partial charge in [0.2, 0.25) is 0 Å². The van der Waals surface area contributed by atoms with E-state index in [0.29, 0.717) is 10.6 Å². The molecule has 21 heavy (non-hydrogen) atoms. The number of amides is 3. The first-order chi connectivity index (χ1) is 9.86. The van der Waals surface area contributed by atoms with Crippen LogP contribution in [0.5, 0.6) is 0 Å². The smallest absolute Gasteiger partial charge is 0.349 e. The molecule has 0 bridgehead atoms. The van der Waals surface area contributed by atoms with Crippen LogP contribution < -0.4 is 16.8 Å². The molecule has 1 heterocycles. The highest BCUT2D eigenvalue weighted by Gasteiger charge is 2.21. The minimum atomic E-state index is -1.12. The maximum Gasteiger partial charge on any atom is 0.349 e. The number of anilines is 1. The maximum absolute atomic E-state index is 12.0. The van der Waals surface area contributed by atoms with Gasteiger partial charge in [-0.1, -0.05) is 0 Å². The molecule has 0 radical (unpaired) electrons. The summed E-state index contributed by atoms with van der Waals surface area (Å²) in [6, 6.07) is 5.91. The summed E-state index contributed by atoms with van der Waals surface area (Å²) in [7, 11) is 0. The van der Waals surface area contributed by atoms with E-state index in [1.807, 2.05) is 5.32 Å². The lowest BCUT2D eigenvalue weighted by molar-refractivity contribution is -0.127. The molecule has 2 aromatic rings. The lowest BCUT2D eigenvalue weighted by atomic mass is 10.2. The number of carbonyl (C=O) groups is 3. The van der Waals surface area contributed by atoms with E-state index in [9.17, 15) is 14.4 Å². The van der Waals surface area contributed by atoms with Crippen LogP contribution in [0, 0.1) is 0 Å². The fourth-order valence-corrected chi connectivity index (χ4v) is 2.58. The lowest BCUT2D eigenvalue weighted by Crippen LogP contribution is -2.42. The molecule has 5 N–H and O–H groups in total. The van der Waals surface area contributed by atoms with Crippen molar-refractivity contribution in [2.24, 2.45) is 5.73 Å². The number of ether oxygens (including phenoxy) is 1. The Balaban J connectivity index is 2.11. The molecule has 0 aliphatic carbocycles. The van der Waals surface area contributed by atoms with Gasteiger partial charge >= 0.3 is 12.0 Å². The Bertz CT molecular complexity index is 725. The van der Waals surface area contributed by atoms with Crippen molar-refractivity contribution in [1.29, 1.82) is 0 Å². The average molecular weight is 307 g/mol. The van der Waals surface area contributed by atoms with E-state index in [4.69, 9.17) is 16.2 Å². The number of hydrogen-bond acceptors (Lipinski definition) is 6. The maximum atomic E-state index is 12.0. The third kappa shape index (κ3) is 3.48. The van der Waals surface area contributed by atoms with Gasteiger partial charge in [0.05, 0.1) is 0 Å². The van der Waals surface area contributed by atoms with Crippen LogP contribution in [0.1, 0.15) is 16.6 Å². The van der Waals surface area contributed by atoms with Crippen LogP contribution >= 0.6 is 11.3 Å². The first-order valence-electron chi connectivity index (χ1n) is 5.97. The van der Waals surface area contributed by atoms with Crippen molar-refractivity contribution in [2.45, 2.75) is 13.0 Å². The molecule has 0 saturated carbocycles. The highest BCUT2D eigenvalue weighted by atomic mass is 32.1. The van der Waals surface area contributed by atoms with Crippen LogP contribution in [-0.4, -0.2) is 24.0 Å². The van der Waals surface area contributed by atoms with Crippen LogP contribution in [0.15, 0.2) is 24.3 Å². The summed E-state index contributed by atoms with van der Waals surface area (Å²) in [5.74, 6) is -1.43. The van der Waals surface area contributed by atoms with Crippen LogP contribution in [0.3, 0.4) is 0 Å². The summed E-state index contributed by atoms with van der Waals surface area (Å²) in [6.07, 6.45) is -1.12. The number of fused-ring (bicyclic) bond motifs is 1. The molecule has 0 saturated heterocycles. The molecule has 0 aliphatic rings. The summed E-state index contributed by atoms with van der Waals surface area (Å²) < 4.78 is 5.86. The molecule has 1 unspecified atom stereocenters. The zero-order valence-corrected chi connectivity index (χ0v) is 11.9. The van der Waals surface area contributed by atoms with Gasteiger partial charge in [0.25, 0.3) is 5.91 Å². The fraction of sp³-hybridized carbons (Fsp3) is 0.154. The van der Waals surface area contributed by atoms with Gasteiger partial charge in [0, 0.05) is 10.4 Å². The van der Waals surface area contributed by atoms with Crippen molar-refractivity contribution < 1.29 is 19.1 Å². The third-order valence-corrected chi connectivity index (χ3v) is 3.74. The highest BCUT2D eigenvalue weighted by molar-refractivity contribution is 7.20. The average Bonchev–Trinajstić information content (AvgIpc) is 2.80. The molecule has 8 heteroatoms. The summed E-state index contributed by atoms with van der Waals surface area (Å²) in [5, 5.41) is 2.66. The highest BCUT2D eigenvalue weighted by Crippen LogP contribution is 2.28. The van der Waals surface area contributed by atoms with Crippen molar-refractivity contribution in [3.05, 3.63) is 29.1 Å². The molecule has 1 aromatic heterocycles. The van der Waals surface area contributed by atoms with Crippen LogP contribution in [-0.2, 0) is 9.53 Å². The van der Waals surface area contributed by atoms with Crippen molar-refractivity contribution in [2.75, 3.05) is 5.73 Å². The van der Waals surface area contributed by atoms with Crippen LogP contribution in [0.25, 0.3) is 10.1 Å². The van der Waals surface area contributed by atoms with E-state index >= 15 is 0 Å². The van der Waals surface area contributed by atoms with Gasteiger partial charge in [-0.3, -0.25) is 10.1 Å². The van der Waals surface area contributed by atoms with E-state index in [0.717, 1.165) is 10.1 Å². The Hall–Kier alpha value is -2.61. The van der Waals surface area contributed by atoms with Gasteiger partial charge in [-0.15, -0.1) is 11.3 Å². The quantitative estimate of drug-likeness (QED) is 0.581. The molecule has 1 atom stereocenters. The number of primary amides is 1. The van der Waals surface area contributed by atoms with Crippen LogP contribution in [0.2, 0.25) is 0 Å². The zero-order chi connectivity index (χ0) is 15.6. The number of imide groups is 1. The number of benzene rings is 1. The lowest BCUT2D eigenvalue weighted by Gasteiger charge is -2.10. The SMILES string of the molecule is CC(OC(=O)c1cc2cc(N)ccc2s1)C(=O)NC(N)=O. The van der Waals surface area contributed by atoms with E-state index in [-0.39, 0.29) is 0 Å². The predicted molar refractivity (Wildman–Crippen MR) is 78.8 cm³/mol. The first-order valence-corrected chi connectivity index (χ1v) is 6.79. The summed E-state index contributed by atoms with van der Waals surface area (Å²) >= 11 is 1.23. The second kappa shape index (κ2) is 5.80. The summed E-state index contributed by atoms with van der Waals surface area (Å²) in [6.45, 7) is 1.35. The number of esters is 1. The Kier molecular flexibility index (Phi) is 4.08. The standard InChI is InChI=1S/C13H13N3O4S/c1-6(11(17)16-13(15)19)20-12(18)10-5-7-4-8(14)2-3-9(7)21-10/h2-6H,14H2,1H3,(H3,15,16,17,19). The first kappa shape index (κ1) is 14.8. The minimum absolute atomic E-state index is 0.342. The Morgan fingerprint density at radius 3 is 2.67 bits per heavy atom. The predicted octanol–water partition coefficient (Wildman–Crippen LogP) is 1.22. The molecular weight excluding hydrogens is 294 g/mol. The van der Waals surface area contributed by atoms with Gasteiger partial charge < -0.3 is 16.2 Å². The molecular formula is C13H13N3O4S. The number of carbonyl (C=O) groups excluding carboxylic acids is 3. The van der Waals surface area contributed by atoms with Crippen molar-refractivity contribution in [1.82, 2.24) is 5.32 Å². The molecule has 0 fully saturated rings. The second-order valence-electron chi connectivity index (χ2n) is 4.31. The Morgan fingerprint density at radius 2 is 2.00 bits per heavy atom. The molecule has 3 amide bonds. The fourth-order valence-electron chi connectivity index (χ4n) is 1.66. The summed E-state index contributed by atoms with van der Waals surface area (Å²) in [4.78, 5) is 34.3. The van der Waals surface area contributed by atoms with E-state index in [1.165, 1.54) is 18.3 Å². The van der Waals surface area contributed by atoms with Gasteiger partial charge in [-0.2, -0.15) is 0 Å². The van der Waals surface area contributed by atoms with Crippen molar-refractivity contribution in [3.63, 3.8) is 0 Å². The number of thiophene rings is 1. The third-order valence-electron chi connectivity index (χ3n) is 2.64. The molecule has 110 valence electrons. The Labute approximate surface area is 123 Å². The largest absolute Gasteiger partial charge is 0.448 e. The van der Waals surface area contributed by atoms with Crippen molar-refractivity contribution in [3.8, 4) is 0 Å². The second-order valence-corrected chi connectivity index (χ2v) is 5.39. The van der Waals surface area contributed by atoms with E-state index < -0.39 is 24.0 Å². The number of urea groups is 1. The van der Waals surface area contributed by atoms with Gasteiger partial charge in [-0.25, -0.2) is 9.59 Å². The number of nitrogen functional groups attached to an aromatic ring is 1. The number of nitrogens with two attached hydrogens (primary N) is 2. The molecule has 0 aliphatic heterocycles. The van der Waals surface area contributed by atoms with Crippen molar-refractivity contribution >= 4 is 45.0 Å². The van der Waals surface area contributed by atoms with Gasteiger partial charge in [0.1, 0.15) is 4.88 Å². The molecule has 2 rings (SSSR count). The monoisotopic (exact) mass is 307 g/mol. The molecule has 1 aromatic carbocycles. The number of nitrogens with one attached hydrogen (secondary N) is 1. The van der Waals surface area contributed by atoms with E-state index in [2.05, 4.69) is 0 Å². The summed E-state index contributed by atoms with van der Waals surface area (Å²) in [5.41, 5.74) is 11.1. The molecule has 7 nitrogen and oxygen atoms in total. The Morgan fingerprint density at radius 1 is 1.29 bits per heavy atom. The van der Waals surface area contributed by atoms with E-state index in [1.54, 1.807) is 24.3 Å². The zero-order valence-electron chi connectivity index (χ0n) is 11.1.